The summed E-state index contributed by atoms with van der Waals surface area (Å²) in [7, 11) is 0. The molecule has 0 fully saturated rings. The van der Waals surface area contributed by atoms with Gasteiger partial charge < -0.3 is 0 Å². The second kappa shape index (κ2) is 8.08. The highest BCUT2D eigenvalue weighted by Gasteiger charge is 1.90. The summed E-state index contributed by atoms with van der Waals surface area (Å²) in [6, 6.07) is 3.70. The van der Waals surface area contributed by atoms with Gasteiger partial charge in [-0.1, -0.05) is 17.7 Å². The van der Waals surface area contributed by atoms with Crippen LogP contribution in [0.4, 0.5) is 0 Å². The van der Waals surface area contributed by atoms with Crippen LogP contribution in [0.3, 0.4) is 0 Å². The number of nitrogens with zero attached hydrogens (tertiary/aromatic N) is 2. The minimum absolute atomic E-state index is 0.229. The van der Waals surface area contributed by atoms with Crippen LogP contribution in [0.2, 0.25) is 0 Å². The van der Waals surface area contributed by atoms with E-state index in [0.717, 1.165) is 25.7 Å². The van der Waals surface area contributed by atoms with Crippen LogP contribution < -0.4 is 0 Å². The maximum Gasteiger partial charge on any atom is 0.125 e. The number of hydrogen-bond donors (Lipinski definition) is 0. The highest BCUT2D eigenvalue weighted by Crippen LogP contribution is 2.05. The molecule has 14 heavy (non-hydrogen) atoms. The van der Waals surface area contributed by atoms with E-state index in [4.69, 9.17) is 10.5 Å². The zero-order chi connectivity index (χ0) is 10.8. The summed E-state index contributed by atoms with van der Waals surface area (Å²) in [5.74, 6) is 0. The predicted octanol–water partition coefficient (Wildman–Crippen LogP) is 3.49. The Hall–Kier alpha value is -1.54. The molecule has 0 saturated carbocycles. The summed E-state index contributed by atoms with van der Waals surface area (Å²) in [5, 5.41) is 16.9. The molecule has 74 valence electrons. The van der Waals surface area contributed by atoms with Crippen molar-refractivity contribution in [1.82, 2.24) is 0 Å². The number of rotatable bonds is 5. The second-order valence-corrected chi connectivity index (χ2v) is 3.41. The minimum Gasteiger partial charge on any atom is -0.192 e. The van der Waals surface area contributed by atoms with Gasteiger partial charge in [0.05, 0.1) is 0 Å². The van der Waals surface area contributed by atoms with Crippen LogP contribution in [-0.2, 0) is 0 Å². The Labute approximate surface area is 86.2 Å². The van der Waals surface area contributed by atoms with Gasteiger partial charge in [-0.15, -0.1) is 0 Å². The number of allylic oxidation sites excluding steroid dienone is 4. The van der Waals surface area contributed by atoms with Crippen LogP contribution in [-0.4, -0.2) is 0 Å². The average Bonchev–Trinajstić information content (AvgIpc) is 2.16. The van der Waals surface area contributed by atoms with Crippen molar-refractivity contribution in [2.24, 2.45) is 0 Å². The molecular weight excluding hydrogens is 172 g/mol. The lowest BCUT2D eigenvalue weighted by Gasteiger charge is -1.94. The van der Waals surface area contributed by atoms with Gasteiger partial charge in [-0.05, 0) is 39.5 Å². The van der Waals surface area contributed by atoms with Gasteiger partial charge in [0.15, 0.2) is 0 Å². The van der Waals surface area contributed by atoms with E-state index in [-0.39, 0.29) is 5.57 Å². The first kappa shape index (κ1) is 12.5. The molecule has 0 aliphatic rings. The van der Waals surface area contributed by atoms with E-state index in [2.05, 4.69) is 19.9 Å². The van der Waals surface area contributed by atoms with Gasteiger partial charge in [0.2, 0.25) is 0 Å². The van der Waals surface area contributed by atoms with E-state index in [9.17, 15) is 0 Å². The normalized spacial score (nSPS) is 8.29. The fourth-order valence-corrected chi connectivity index (χ4v) is 1.04. The standard InChI is InChI=1S/C12H16N2/c1-11(2)7-5-3-4-6-8-12(9-13)10-14/h7-8H,3-6H2,1-2H3. The molecule has 0 rings (SSSR count). The fraction of sp³-hybridized carbons (Fsp3) is 0.500. The largest absolute Gasteiger partial charge is 0.192 e. The Kier molecular flexibility index (Phi) is 7.19. The van der Waals surface area contributed by atoms with Gasteiger partial charge in [0.1, 0.15) is 17.7 Å². The quantitative estimate of drug-likeness (QED) is 0.376. The van der Waals surface area contributed by atoms with Gasteiger partial charge >= 0.3 is 0 Å². The van der Waals surface area contributed by atoms with Gasteiger partial charge in [-0.3, -0.25) is 0 Å². The molecule has 0 saturated heterocycles. The van der Waals surface area contributed by atoms with Crippen LogP contribution >= 0.6 is 0 Å². The Morgan fingerprint density at radius 3 is 1.93 bits per heavy atom. The van der Waals surface area contributed by atoms with Crippen LogP contribution in [0.15, 0.2) is 23.3 Å². The van der Waals surface area contributed by atoms with E-state index < -0.39 is 0 Å². The number of unbranched alkanes of at least 4 members (excludes halogenated alkanes) is 3. The first-order valence-corrected chi connectivity index (χ1v) is 4.84. The summed E-state index contributed by atoms with van der Waals surface area (Å²) in [6.45, 7) is 4.17. The Morgan fingerprint density at radius 1 is 1.00 bits per heavy atom. The molecule has 2 nitrogen and oxygen atoms in total. The molecule has 0 bridgehead atoms. The highest BCUT2D eigenvalue weighted by atomic mass is 14.3. The van der Waals surface area contributed by atoms with E-state index in [0.29, 0.717) is 0 Å². The van der Waals surface area contributed by atoms with Crippen molar-refractivity contribution >= 4 is 0 Å². The molecule has 0 aliphatic carbocycles. The molecule has 0 amide bonds. The van der Waals surface area contributed by atoms with E-state index in [1.807, 2.05) is 12.1 Å². The van der Waals surface area contributed by atoms with Crippen LogP contribution in [0, 0.1) is 22.7 Å². The van der Waals surface area contributed by atoms with Crippen LogP contribution in [0.25, 0.3) is 0 Å². The molecule has 0 aromatic carbocycles. The SMILES string of the molecule is CC(C)=CCCCCC=C(C#N)C#N. The zero-order valence-electron chi connectivity index (χ0n) is 8.88. The summed E-state index contributed by atoms with van der Waals surface area (Å²) in [5.41, 5.74) is 1.57. The van der Waals surface area contributed by atoms with Gasteiger partial charge in [-0.25, -0.2) is 0 Å². The van der Waals surface area contributed by atoms with E-state index >= 15 is 0 Å². The summed E-state index contributed by atoms with van der Waals surface area (Å²) in [4.78, 5) is 0. The highest BCUT2D eigenvalue weighted by molar-refractivity contribution is 5.34. The van der Waals surface area contributed by atoms with Crippen LogP contribution in [0.5, 0.6) is 0 Å². The minimum atomic E-state index is 0.229. The third kappa shape index (κ3) is 7.13. The first-order chi connectivity index (χ1) is 6.70. The second-order valence-electron chi connectivity index (χ2n) is 3.41. The lowest BCUT2D eigenvalue weighted by atomic mass is 10.1. The Morgan fingerprint density at radius 2 is 1.50 bits per heavy atom. The predicted molar refractivity (Wildman–Crippen MR) is 57.2 cm³/mol. The van der Waals surface area contributed by atoms with Crippen molar-refractivity contribution in [2.45, 2.75) is 39.5 Å². The van der Waals surface area contributed by atoms with Gasteiger partial charge in [0, 0.05) is 0 Å². The van der Waals surface area contributed by atoms with Gasteiger partial charge in [0.25, 0.3) is 0 Å². The molecule has 0 atom stereocenters. The fourth-order valence-electron chi connectivity index (χ4n) is 1.04. The van der Waals surface area contributed by atoms with Crippen molar-refractivity contribution in [3.05, 3.63) is 23.3 Å². The molecule has 0 aliphatic heterocycles. The zero-order valence-corrected chi connectivity index (χ0v) is 8.88. The topological polar surface area (TPSA) is 47.6 Å². The number of nitriles is 2. The van der Waals surface area contributed by atoms with E-state index in [1.165, 1.54) is 5.57 Å². The maximum atomic E-state index is 8.45. The first-order valence-electron chi connectivity index (χ1n) is 4.84. The molecule has 0 aromatic rings. The van der Waals surface area contributed by atoms with Crippen molar-refractivity contribution in [1.29, 1.82) is 10.5 Å². The Bertz CT molecular complexity index is 277. The van der Waals surface area contributed by atoms with Crippen molar-refractivity contribution in [3.63, 3.8) is 0 Å². The maximum absolute atomic E-state index is 8.45. The monoisotopic (exact) mass is 188 g/mol. The average molecular weight is 188 g/mol. The van der Waals surface area contributed by atoms with E-state index in [1.54, 1.807) is 6.08 Å². The van der Waals surface area contributed by atoms with Gasteiger partial charge in [-0.2, -0.15) is 10.5 Å². The molecule has 0 aromatic heterocycles. The smallest absolute Gasteiger partial charge is 0.125 e. The molecule has 0 spiro atoms. The molecule has 2 heteroatoms. The van der Waals surface area contributed by atoms with Crippen molar-refractivity contribution in [3.8, 4) is 12.1 Å². The van der Waals surface area contributed by atoms with Crippen molar-refractivity contribution in [2.75, 3.05) is 0 Å². The molecule has 0 N–H and O–H groups in total. The lowest BCUT2D eigenvalue weighted by molar-refractivity contribution is 0.758. The summed E-state index contributed by atoms with van der Waals surface area (Å²) >= 11 is 0. The summed E-state index contributed by atoms with van der Waals surface area (Å²) < 4.78 is 0. The molecule has 0 unspecified atom stereocenters. The Balaban J connectivity index is 3.58. The third-order valence-electron chi connectivity index (χ3n) is 1.80. The molecule has 0 heterocycles. The third-order valence-corrected chi connectivity index (χ3v) is 1.80. The molecular formula is C12H16N2. The molecule has 0 radical (unpaired) electrons. The van der Waals surface area contributed by atoms with Crippen molar-refractivity contribution < 1.29 is 0 Å². The lowest BCUT2D eigenvalue weighted by Crippen LogP contribution is -1.76. The van der Waals surface area contributed by atoms with Crippen LogP contribution in [0.1, 0.15) is 39.5 Å². The summed E-state index contributed by atoms with van der Waals surface area (Å²) in [6.07, 6.45) is 7.99. The number of hydrogen-bond acceptors (Lipinski definition) is 2.